The summed E-state index contributed by atoms with van der Waals surface area (Å²) in [6.45, 7) is 2.09. The van der Waals surface area contributed by atoms with E-state index in [1.807, 2.05) is 6.07 Å². The highest BCUT2D eigenvalue weighted by atomic mass is 16.5. The summed E-state index contributed by atoms with van der Waals surface area (Å²) in [5.74, 6) is 1.61. The maximum atomic E-state index is 12.1. The van der Waals surface area contributed by atoms with Crippen LogP contribution in [0.5, 0.6) is 23.0 Å². The van der Waals surface area contributed by atoms with E-state index in [-0.39, 0.29) is 17.1 Å². The molecule has 2 aromatic rings. The first-order valence-electron chi connectivity index (χ1n) is 8.21. The first-order chi connectivity index (χ1) is 12.0. The van der Waals surface area contributed by atoms with Crippen molar-refractivity contribution in [1.29, 1.82) is 0 Å². The molecule has 0 saturated heterocycles. The Labute approximate surface area is 146 Å². The van der Waals surface area contributed by atoms with Crippen LogP contribution in [0.15, 0.2) is 29.1 Å². The standard InChI is InChI=1S/C20H22O5/c1-11-5-6-12-9-17(23-2)19(24-3)20(25-4)18(12)13-7-8-15(21)16(22)10-14(11)13/h7-11H,5-6H2,1-4H3,(H,21,22). The molecule has 0 aromatic heterocycles. The lowest BCUT2D eigenvalue weighted by molar-refractivity contribution is 0.324. The topological polar surface area (TPSA) is 65.0 Å². The summed E-state index contributed by atoms with van der Waals surface area (Å²) in [4.78, 5) is 12.1. The Balaban J connectivity index is 2.45. The molecule has 0 amide bonds. The van der Waals surface area contributed by atoms with E-state index < -0.39 is 0 Å². The summed E-state index contributed by atoms with van der Waals surface area (Å²) >= 11 is 0. The Morgan fingerprint density at radius 1 is 1.04 bits per heavy atom. The van der Waals surface area contributed by atoms with Crippen LogP contribution < -0.4 is 19.6 Å². The van der Waals surface area contributed by atoms with Crippen molar-refractivity contribution < 1.29 is 19.3 Å². The molecule has 0 heterocycles. The molecule has 1 unspecified atom stereocenters. The highest BCUT2D eigenvalue weighted by molar-refractivity contribution is 5.82. The van der Waals surface area contributed by atoms with Crippen LogP contribution in [0.1, 0.15) is 30.4 Å². The summed E-state index contributed by atoms with van der Waals surface area (Å²) in [6.07, 6.45) is 1.70. The van der Waals surface area contributed by atoms with Crippen molar-refractivity contribution in [3.8, 4) is 34.1 Å². The summed E-state index contributed by atoms with van der Waals surface area (Å²) in [6, 6.07) is 6.71. The summed E-state index contributed by atoms with van der Waals surface area (Å²) in [5.41, 5.74) is 3.34. The fraction of sp³-hybridized carbons (Fsp3) is 0.350. The van der Waals surface area contributed by atoms with Gasteiger partial charge in [-0.2, -0.15) is 0 Å². The average Bonchev–Trinajstić information content (AvgIpc) is 2.84. The molecule has 132 valence electrons. The van der Waals surface area contributed by atoms with Gasteiger partial charge in [-0.15, -0.1) is 0 Å². The Kier molecular flexibility index (Phi) is 4.57. The number of aromatic hydroxyl groups is 1. The molecule has 0 fully saturated rings. The quantitative estimate of drug-likeness (QED) is 0.925. The van der Waals surface area contributed by atoms with Crippen LogP contribution in [0, 0.1) is 0 Å². The van der Waals surface area contributed by atoms with Crippen LogP contribution in [0.4, 0.5) is 0 Å². The van der Waals surface area contributed by atoms with Crippen molar-refractivity contribution in [1.82, 2.24) is 0 Å². The van der Waals surface area contributed by atoms with Gasteiger partial charge in [0.25, 0.3) is 0 Å². The predicted octanol–water partition coefficient (Wildman–Crippen LogP) is 3.49. The van der Waals surface area contributed by atoms with E-state index in [2.05, 4.69) is 6.92 Å². The van der Waals surface area contributed by atoms with Crippen LogP contribution in [0.2, 0.25) is 0 Å². The maximum absolute atomic E-state index is 12.1. The molecule has 5 heteroatoms. The van der Waals surface area contributed by atoms with E-state index >= 15 is 0 Å². The third-order valence-corrected chi connectivity index (χ3v) is 4.82. The lowest BCUT2D eigenvalue weighted by atomic mass is 9.94. The Hall–Kier alpha value is -2.69. The van der Waals surface area contributed by atoms with Crippen LogP contribution in [0.3, 0.4) is 0 Å². The van der Waals surface area contributed by atoms with Gasteiger partial charge in [-0.1, -0.05) is 13.0 Å². The number of ether oxygens (including phenoxy) is 3. The summed E-state index contributed by atoms with van der Waals surface area (Å²) < 4.78 is 16.6. The van der Waals surface area contributed by atoms with Gasteiger partial charge < -0.3 is 19.3 Å². The zero-order chi connectivity index (χ0) is 18.1. The largest absolute Gasteiger partial charge is 0.504 e. The van der Waals surface area contributed by atoms with Gasteiger partial charge in [0.05, 0.1) is 21.3 Å². The molecular weight excluding hydrogens is 320 g/mol. The van der Waals surface area contributed by atoms with E-state index in [4.69, 9.17) is 14.2 Å². The van der Waals surface area contributed by atoms with Crippen molar-refractivity contribution in [2.24, 2.45) is 0 Å². The number of hydrogen-bond donors (Lipinski definition) is 1. The molecular formula is C20H22O5. The SMILES string of the molecule is COc1cc2c(c(OC)c1OC)-c1ccc(O)c(=O)cc1C(C)CC2. The monoisotopic (exact) mass is 342 g/mol. The van der Waals surface area contributed by atoms with Crippen molar-refractivity contribution in [3.63, 3.8) is 0 Å². The fourth-order valence-electron chi connectivity index (χ4n) is 3.50. The van der Waals surface area contributed by atoms with Crippen molar-refractivity contribution in [3.05, 3.63) is 45.6 Å². The molecule has 0 spiro atoms. The smallest absolute Gasteiger partial charge is 0.220 e. The molecule has 0 aliphatic heterocycles. The van der Waals surface area contributed by atoms with Crippen molar-refractivity contribution in [2.45, 2.75) is 25.7 Å². The zero-order valence-electron chi connectivity index (χ0n) is 14.9. The number of rotatable bonds is 3. The van der Waals surface area contributed by atoms with Crippen LogP contribution in [0.25, 0.3) is 11.1 Å². The molecule has 1 atom stereocenters. The van der Waals surface area contributed by atoms with Crippen molar-refractivity contribution >= 4 is 0 Å². The van der Waals surface area contributed by atoms with Gasteiger partial charge in [-0.3, -0.25) is 4.79 Å². The van der Waals surface area contributed by atoms with Gasteiger partial charge in [0.2, 0.25) is 11.2 Å². The number of hydrogen-bond acceptors (Lipinski definition) is 5. The Morgan fingerprint density at radius 3 is 2.40 bits per heavy atom. The number of fused-ring (bicyclic) bond motifs is 3. The number of benzene rings is 1. The molecule has 3 rings (SSSR count). The fourth-order valence-corrected chi connectivity index (χ4v) is 3.50. The number of methoxy groups -OCH3 is 3. The Morgan fingerprint density at radius 2 is 1.76 bits per heavy atom. The first kappa shape index (κ1) is 17.1. The second kappa shape index (κ2) is 6.67. The second-order valence-corrected chi connectivity index (χ2v) is 6.22. The molecule has 2 aromatic carbocycles. The lowest BCUT2D eigenvalue weighted by Crippen LogP contribution is -2.00. The third kappa shape index (κ3) is 2.80. The molecule has 1 N–H and O–H groups in total. The molecule has 0 radical (unpaired) electrons. The van der Waals surface area contributed by atoms with E-state index in [0.29, 0.717) is 17.2 Å². The average molecular weight is 342 g/mol. The minimum Gasteiger partial charge on any atom is -0.504 e. The third-order valence-electron chi connectivity index (χ3n) is 4.82. The van der Waals surface area contributed by atoms with Gasteiger partial charge in [-0.25, -0.2) is 0 Å². The second-order valence-electron chi connectivity index (χ2n) is 6.22. The molecule has 0 bridgehead atoms. The zero-order valence-corrected chi connectivity index (χ0v) is 14.9. The highest BCUT2D eigenvalue weighted by Crippen LogP contribution is 2.50. The molecule has 1 aliphatic rings. The molecule has 5 nitrogen and oxygen atoms in total. The van der Waals surface area contributed by atoms with E-state index in [1.165, 1.54) is 12.1 Å². The Bertz CT molecular complexity index is 873. The van der Waals surface area contributed by atoms with Gasteiger partial charge in [0.15, 0.2) is 17.2 Å². The van der Waals surface area contributed by atoms with E-state index in [1.54, 1.807) is 27.4 Å². The maximum Gasteiger partial charge on any atom is 0.220 e. The summed E-state index contributed by atoms with van der Waals surface area (Å²) in [5, 5.41) is 9.87. The van der Waals surface area contributed by atoms with Crippen LogP contribution in [-0.4, -0.2) is 26.4 Å². The van der Waals surface area contributed by atoms with Gasteiger partial charge in [0.1, 0.15) is 0 Å². The number of aryl methyl sites for hydroxylation is 1. The van der Waals surface area contributed by atoms with Gasteiger partial charge in [0, 0.05) is 5.56 Å². The molecule has 25 heavy (non-hydrogen) atoms. The van der Waals surface area contributed by atoms with Crippen molar-refractivity contribution in [2.75, 3.05) is 21.3 Å². The lowest BCUT2D eigenvalue weighted by Gasteiger charge is -2.19. The molecule has 0 saturated carbocycles. The highest BCUT2D eigenvalue weighted by Gasteiger charge is 2.27. The normalized spacial score (nSPS) is 15.6. The van der Waals surface area contributed by atoms with E-state index in [9.17, 15) is 9.90 Å². The summed E-state index contributed by atoms with van der Waals surface area (Å²) in [7, 11) is 4.75. The predicted molar refractivity (Wildman–Crippen MR) is 96.2 cm³/mol. The first-order valence-corrected chi connectivity index (χ1v) is 8.21. The minimum absolute atomic E-state index is 0.170. The van der Waals surface area contributed by atoms with E-state index in [0.717, 1.165) is 35.1 Å². The van der Waals surface area contributed by atoms with Gasteiger partial charge in [-0.05, 0) is 53.6 Å². The molecule has 1 aliphatic carbocycles. The van der Waals surface area contributed by atoms with Crippen LogP contribution >= 0.6 is 0 Å². The van der Waals surface area contributed by atoms with Gasteiger partial charge >= 0.3 is 0 Å². The van der Waals surface area contributed by atoms with Crippen LogP contribution in [-0.2, 0) is 6.42 Å². The minimum atomic E-state index is -0.379.